The third kappa shape index (κ3) is 2.94. The van der Waals surface area contributed by atoms with Crippen LogP contribution >= 0.6 is 11.6 Å². The number of hydrogen-bond donors (Lipinski definition) is 2. The van der Waals surface area contributed by atoms with Gasteiger partial charge in [0.1, 0.15) is 12.1 Å². The average molecular weight is 286 g/mol. The minimum Gasteiger partial charge on any atom is -0.490 e. The Labute approximate surface area is 115 Å². The Balaban J connectivity index is 2.43. The number of fused-ring (bicyclic) bond motifs is 1. The number of benzene rings is 1. The normalized spacial score (nSPS) is 16.2. The fraction of sp³-hybridized carbons (Fsp3) is 0.364. The zero-order valence-electron chi connectivity index (χ0n) is 10.3. The van der Waals surface area contributed by atoms with Crippen LogP contribution in [0.2, 0.25) is 5.02 Å². The van der Waals surface area contributed by atoms with E-state index in [0.717, 1.165) is 0 Å². The van der Waals surface area contributed by atoms with E-state index in [2.05, 4.69) is 0 Å². The van der Waals surface area contributed by atoms with Crippen molar-refractivity contribution in [3.8, 4) is 11.5 Å². The van der Waals surface area contributed by atoms with Gasteiger partial charge in [-0.15, -0.1) is 0 Å². The second-order valence-corrected chi connectivity index (χ2v) is 4.84. The molecule has 1 aliphatic heterocycles. The average Bonchev–Trinajstić information content (AvgIpc) is 2.25. The Morgan fingerprint density at radius 3 is 2.68 bits per heavy atom. The summed E-state index contributed by atoms with van der Waals surface area (Å²) in [4.78, 5) is 11.8. The van der Waals surface area contributed by atoms with Crippen molar-refractivity contribution >= 4 is 24.7 Å². The van der Waals surface area contributed by atoms with Crippen LogP contribution in [0.15, 0.2) is 12.1 Å². The number of carbonyl (C=O) groups is 1. The summed E-state index contributed by atoms with van der Waals surface area (Å²) in [5, 5.41) is 17.8. The smallest absolute Gasteiger partial charge is 0.490 e. The predicted molar refractivity (Wildman–Crippen MR) is 67.3 cm³/mol. The third-order valence-corrected chi connectivity index (χ3v) is 2.64. The van der Waals surface area contributed by atoms with Crippen molar-refractivity contribution in [2.75, 3.05) is 6.51 Å². The molecular weight excluding hydrogens is 274 g/mol. The third-order valence-electron chi connectivity index (χ3n) is 2.35. The molecule has 6 nitrogen and oxygen atoms in total. The Hall–Kier alpha value is -1.44. The van der Waals surface area contributed by atoms with Crippen molar-refractivity contribution in [3.63, 3.8) is 0 Å². The molecule has 0 fully saturated rings. The maximum absolute atomic E-state index is 11.8. The molecule has 1 aromatic carbocycles. The summed E-state index contributed by atoms with van der Waals surface area (Å²) in [6, 6.07) is 2.90. The molecule has 0 radical (unpaired) electrons. The van der Waals surface area contributed by atoms with Gasteiger partial charge < -0.3 is 24.3 Å². The molecule has 0 aromatic heterocycles. The molecule has 0 aliphatic carbocycles. The number of carbonyl (C=O) groups excluding carboxylic acids is 1. The van der Waals surface area contributed by atoms with Crippen LogP contribution in [0.4, 0.5) is 0 Å². The second kappa shape index (κ2) is 4.92. The van der Waals surface area contributed by atoms with E-state index in [4.69, 9.17) is 35.9 Å². The molecule has 0 atom stereocenters. The minimum absolute atomic E-state index is 0.0805. The number of esters is 1. The Morgan fingerprint density at radius 1 is 1.37 bits per heavy atom. The van der Waals surface area contributed by atoms with E-state index < -0.39 is 25.4 Å². The van der Waals surface area contributed by atoms with Gasteiger partial charge in [-0.05, 0) is 12.1 Å². The molecule has 0 amide bonds. The van der Waals surface area contributed by atoms with Crippen molar-refractivity contribution in [1.29, 1.82) is 0 Å². The molecule has 1 heterocycles. The first kappa shape index (κ1) is 14.0. The summed E-state index contributed by atoms with van der Waals surface area (Å²) < 4.78 is 15.8. The first-order valence-electron chi connectivity index (χ1n) is 5.54. The molecule has 0 bridgehead atoms. The summed E-state index contributed by atoms with van der Waals surface area (Å²) in [6.45, 7) is 2.74. The van der Waals surface area contributed by atoms with E-state index >= 15 is 0 Å². The van der Waals surface area contributed by atoms with Crippen molar-refractivity contribution in [3.05, 3.63) is 22.7 Å². The van der Waals surface area contributed by atoms with Crippen molar-refractivity contribution in [2.45, 2.75) is 19.6 Å². The molecule has 8 heteroatoms. The molecule has 19 heavy (non-hydrogen) atoms. The molecule has 0 saturated carbocycles. The van der Waals surface area contributed by atoms with Gasteiger partial charge >= 0.3 is 13.1 Å². The standard InChI is InChI=1S/C11H12BClO6/c1-11(2)18-8-6(10(14)19-11)3-4-7(13)9(8)17-5-12(15)16/h3-4,15-16H,5H2,1-2H3. The predicted octanol–water partition coefficient (Wildman–Crippen LogP) is 1.02. The molecule has 0 spiro atoms. The van der Waals surface area contributed by atoms with Gasteiger partial charge in [0.25, 0.3) is 0 Å². The summed E-state index contributed by atoms with van der Waals surface area (Å²) in [5.74, 6) is -1.49. The van der Waals surface area contributed by atoms with Crippen molar-refractivity contribution in [1.82, 2.24) is 0 Å². The van der Waals surface area contributed by atoms with Gasteiger partial charge in [-0.25, -0.2) is 4.79 Å². The topological polar surface area (TPSA) is 85.2 Å². The molecule has 2 rings (SSSR count). The van der Waals surface area contributed by atoms with Gasteiger partial charge in [-0.3, -0.25) is 0 Å². The van der Waals surface area contributed by atoms with Crippen LogP contribution < -0.4 is 9.47 Å². The van der Waals surface area contributed by atoms with E-state index in [-0.39, 0.29) is 22.1 Å². The van der Waals surface area contributed by atoms with Crippen LogP contribution in [0, 0.1) is 0 Å². The largest absolute Gasteiger partial charge is 0.491 e. The summed E-state index contributed by atoms with van der Waals surface area (Å²) >= 11 is 5.97. The lowest BCUT2D eigenvalue weighted by atomic mass is 9.95. The highest BCUT2D eigenvalue weighted by Gasteiger charge is 2.36. The van der Waals surface area contributed by atoms with E-state index in [1.165, 1.54) is 12.1 Å². The number of rotatable bonds is 3. The van der Waals surface area contributed by atoms with Crippen LogP contribution in [0.3, 0.4) is 0 Å². The highest BCUT2D eigenvalue weighted by atomic mass is 35.5. The molecule has 1 aliphatic rings. The zero-order chi connectivity index (χ0) is 14.2. The monoisotopic (exact) mass is 286 g/mol. The van der Waals surface area contributed by atoms with Crippen molar-refractivity contribution < 1.29 is 29.1 Å². The van der Waals surface area contributed by atoms with Crippen LogP contribution in [0.5, 0.6) is 11.5 Å². The van der Waals surface area contributed by atoms with Crippen LogP contribution in [-0.4, -0.2) is 35.4 Å². The highest BCUT2D eigenvalue weighted by Crippen LogP contribution is 2.43. The van der Waals surface area contributed by atoms with E-state index in [0.29, 0.717) is 0 Å². The molecule has 0 unspecified atom stereocenters. The van der Waals surface area contributed by atoms with Gasteiger partial charge in [0, 0.05) is 13.8 Å². The summed E-state index contributed by atoms with van der Waals surface area (Å²) in [6.07, 6.45) is 0. The fourth-order valence-corrected chi connectivity index (χ4v) is 1.84. The number of halogens is 1. The molecular formula is C11H12BClO6. The van der Waals surface area contributed by atoms with Gasteiger partial charge in [-0.2, -0.15) is 0 Å². The molecule has 2 N–H and O–H groups in total. The zero-order valence-corrected chi connectivity index (χ0v) is 11.1. The number of cyclic esters (lactones) is 1. The van der Waals surface area contributed by atoms with Gasteiger partial charge in [0.15, 0.2) is 11.5 Å². The fourth-order valence-electron chi connectivity index (χ4n) is 1.64. The lowest BCUT2D eigenvalue weighted by molar-refractivity contribution is -0.128. The van der Waals surface area contributed by atoms with E-state index in [1.807, 2.05) is 0 Å². The lowest BCUT2D eigenvalue weighted by Gasteiger charge is -2.32. The van der Waals surface area contributed by atoms with Crippen LogP contribution in [0.1, 0.15) is 24.2 Å². The van der Waals surface area contributed by atoms with Crippen LogP contribution in [0.25, 0.3) is 0 Å². The van der Waals surface area contributed by atoms with Gasteiger partial charge in [0.2, 0.25) is 5.79 Å². The number of hydrogen-bond acceptors (Lipinski definition) is 6. The molecule has 0 saturated heterocycles. The Kier molecular flexibility index (Phi) is 3.62. The quantitative estimate of drug-likeness (QED) is 0.637. The first-order chi connectivity index (χ1) is 8.80. The first-order valence-corrected chi connectivity index (χ1v) is 5.92. The van der Waals surface area contributed by atoms with E-state index in [9.17, 15) is 4.79 Å². The van der Waals surface area contributed by atoms with Gasteiger partial charge in [0.05, 0.1) is 5.02 Å². The molecule has 102 valence electrons. The molecule has 1 aromatic rings. The van der Waals surface area contributed by atoms with Crippen LogP contribution in [-0.2, 0) is 4.74 Å². The van der Waals surface area contributed by atoms with E-state index in [1.54, 1.807) is 13.8 Å². The maximum atomic E-state index is 11.8. The minimum atomic E-state index is -1.66. The Bertz CT molecular complexity index is 516. The Morgan fingerprint density at radius 2 is 2.05 bits per heavy atom. The SMILES string of the molecule is CC1(C)OC(=O)c2ccc(Cl)c(OCB(O)O)c2O1. The summed E-state index contributed by atoms with van der Waals surface area (Å²) in [7, 11) is -1.66. The maximum Gasteiger partial charge on any atom is 0.491 e. The highest BCUT2D eigenvalue weighted by molar-refractivity contribution is 6.41. The number of ether oxygens (including phenoxy) is 3. The second-order valence-electron chi connectivity index (χ2n) is 4.44. The lowest BCUT2D eigenvalue weighted by Crippen LogP contribution is -2.39. The van der Waals surface area contributed by atoms with Crippen molar-refractivity contribution in [2.24, 2.45) is 0 Å². The summed E-state index contributed by atoms with van der Waals surface area (Å²) in [5.41, 5.74) is 0.172. The van der Waals surface area contributed by atoms with Gasteiger partial charge in [-0.1, -0.05) is 11.6 Å².